The molecule has 4 aromatic rings. The second-order valence-electron chi connectivity index (χ2n) is 14.5. The Morgan fingerprint density at radius 3 is 2.46 bits per heavy atom. The molecule has 1 spiro atoms. The molecule has 3 N–H and O–H groups in total. The molecule has 2 saturated heterocycles. The number of anilines is 1. The molecule has 54 heavy (non-hydrogen) atoms. The molecule has 2 aliphatic carbocycles. The maximum atomic E-state index is 13.2. The van der Waals surface area contributed by atoms with Crippen molar-refractivity contribution >= 4 is 57.3 Å². The fraction of sp³-hybridized carbons (Fsp3) is 0.410. The maximum absolute atomic E-state index is 13.2. The number of rotatable bonds is 9. The molecule has 1 aromatic carbocycles. The summed E-state index contributed by atoms with van der Waals surface area (Å²) in [5, 5.41) is 37.2. The van der Waals surface area contributed by atoms with Gasteiger partial charge in [-0.1, -0.05) is 47.1 Å². The number of nitrogens with zero attached hydrogens (tertiary/aromatic N) is 4. The summed E-state index contributed by atoms with van der Waals surface area (Å²) in [5.74, 6) is -0.677. The number of carbonyl (C=O) groups is 2. The number of halogens is 2. The molecule has 0 bridgehead atoms. The minimum absolute atomic E-state index is 0.0586. The quantitative estimate of drug-likeness (QED) is 0.143. The Bertz CT molecular complexity index is 2160. The largest absolute Gasteiger partial charge is 0.459 e. The van der Waals surface area contributed by atoms with Crippen molar-refractivity contribution in [2.75, 3.05) is 24.6 Å². The highest BCUT2D eigenvalue weighted by Gasteiger charge is 2.49. The zero-order chi connectivity index (χ0) is 37.9. The van der Waals surface area contributed by atoms with Gasteiger partial charge in [0.05, 0.1) is 15.6 Å². The van der Waals surface area contributed by atoms with Crippen LogP contribution in [0.5, 0.6) is 0 Å². The third-order valence-electron chi connectivity index (χ3n) is 10.8. The first kappa shape index (κ1) is 36.6. The topological polar surface area (TPSA) is 178 Å². The molecule has 2 aliphatic heterocycles. The van der Waals surface area contributed by atoms with Crippen LogP contribution in [0.3, 0.4) is 0 Å². The second kappa shape index (κ2) is 14.4. The van der Waals surface area contributed by atoms with Crippen LogP contribution >= 0.6 is 23.2 Å². The van der Waals surface area contributed by atoms with Crippen molar-refractivity contribution < 1.29 is 43.6 Å². The van der Waals surface area contributed by atoms with Crippen molar-refractivity contribution in [2.45, 2.75) is 75.7 Å². The lowest BCUT2D eigenvalue weighted by Gasteiger charge is -2.47. The van der Waals surface area contributed by atoms with E-state index in [4.69, 9.17) is 41.9 Å². The van der Waals surface area contributed by atoms with Gasteiger partial charge in [-0.2, -0.15) is 0 Å². The lowest BCUT2D eigenvalue weighted by atomic mass is 9.63. The van der Waals surface area contributed by atoms with Crippen LogP contribution in [0.15, 0.2) is 59.9 Å². The van der Waals surface area contributed by atoms with Crippen LogP contribution in [0.25, 0.3) is 27.7 Å². The number of aliphatic hydroxyl groups excluding tert-OH is 3. The van der Waals surface area contributed by atoms with Gasteiger partial charge in [-0.05, 0) is 79.8 Å². The van der Waals surface area contributed by atoms with Crippen LogP contribution in [-0.4, -0.2) is 92.8 Å². The molecule has 1 saturated carbocycles. The van der Waals surface area contributed by atoms with Gasteiger partial charge in [0.25, 0.3) is 0 Å². The maximum Gasteiger partial charge on any atom is 0.359 e. The lowest BCUT2D eigenvalue weighted by molar-refractivity contribution is -0.279. The SMILES string of the molecule is C=CCOC(=O)[C@H]1O[C@@H](OC(=O)c2cc(C)c3cc(N4CCC5(C=C(c6c(-c7c(Cl)cncc7Cl)noc6C6CC6)C5)CC4)ccc3n2)[C@H](O)[C@@H](O)[C@@H]1O. The molecule has 3 fully saturated rings. The predicted molar refractivity (Wildman–Crippen MR) is 198 cm³/mol. The number of allylic oxidation sites excluding steroid dienone is 2. The van der Waals surface area contributed by atoms with E-state index >= 15 is 0 Å². The van der Waals surface area contributed by atoms with Crippen molar-refractivity contribution in [3.05, 3.63) is 88.0 Å². The van der Waals surface area contributed by atoms with E-state index in [0.29, 0.717) is 32.7 Å². The molecule has 13 nitrogen and oxygen atoms in total. The molecule has 5 heterocycles. The predicted octanol–water partition coefficient (Wildman–Crippen LogP) is 5.54. The average Bonchev–Trinajstić information content (AvgIpc) is 3.91. The molecule has 15 heteroatoms. The number of pyridine rings is 2. The summed E-state index contributed by atoms with van der Waals surface area (Å²) in [7, 11) is 0. The zero-order valence-electron chi connectivity index (χ0n) is 29.3. The summed E-state index contributed by atoms with van der Waals surface area (Å²) in [4.78, 5) is 36.5. The van der Waals surface area contributed by atoms with E-state index in [0.717, 1.165) is 73.2 Å². The van der Waals surface area contributed by atoms with E-state index in [9.17, 15) is 24.9 Å². The molecular formula is C39H38Cl2N4O9. The van der Waals surface area contributed by atoms with Crippen LogP contribution in [0.2, 0.25) is 10.0 Å². The van der Waals surface area contributed by atoms with Crippen molar-refractivity contribution in [1.82, 2.24) is 15.1 Å². The number of hydrogen-bond acceptors (Lipinski definition) is 13. The van der Waals surface area contributed by atoms with E-state index in [1.807, 2.05) is 19.1 Å². The van der Waals surface area contributed by atoms with Gasteiger partial charge in [-0.25, -0.2) is 14.6 Å². The molecule has 0 unspecified atom stereocenters. The summed E-state index contributed by atoms with van der Waals surface area (Å²) >= 11 is 13.1. The highest BCUT2D eigenvalue weighted by Crippen LogP contribution is 2.56. The second-order valence-corrected chi connectivity index (χ2v) is 15.3. The highest BCUT2D eigenvalue weighted by molar-refractivity contribution is 6.39. The minimum atomic E-state index is -1.84. The van der Waals surface area contributed by atoms with Gasteiger partial charge in [-0.15, -0.1) is 0 Å². The summed E-state index contributed by atoms with van der Waals surface area (Å²) in [6, 6.07) is 7.45. The number of piperidine rings is 1. The van der Waals surface area contributed by atoms with E-state index in [-0.39, 0.29) is 17.7 Å². The number of esters is 2. The number of aliphatic hydroxyl groups is 3. The molecule has 5 atom stereocenters. The minimum Gasteiger partial charge on any atom is -0.459 e. The van der Waals surface area contributed by atoms with Gasteiger partial charge >= 0.3 is 11.9 Å². The Labute approximate surface area is 320 Å². The van der Waals surface area contributed by atoms with Gasteiger partial charge in [0, 0.05) is 53.6 Å². The van der Waals surface area contributed by atoms with Crippen LogP contribution in [0.1, 0.15) is 65.4 Å². The van der Waals surface area contributed by atoms with Crippen molar-refractivity contribution in [2.24, 2.45) is 5.41 Å². The Hall–Kier alpha value is -4.37. The van der Waals surface area contributed by atoms with E-state index in [2.05, 4.69) is 38.7 Å². The Morgan fingerprint density at radius 1 is 1.06 bits per heavy atom. The number of hydrogen-bond donors (Lipinski definition) is 3. The van der Waals surface area contributed by atoms with E-state index in [1.54, 1.807) is 18.5 Å². The molecule has 8 rings (SSSR count). The molecular weight excluding hydrogens is 739 g/mol. The van der Waals surface area contributed by atoms with Gasteiger partial charge in [0.15, 0.2) is 6.10 Å². The summed E-state index contributed by atoms with van der Waals surface area (Å²) in [6.45, 7) is 6.85. The van der Waals surface area contributed by atoms with Crippen LogP contribution < -0.4 is 4.90 Å². The van der Waals surface area contributed by atoms with Gasteiger partial charge in [0.2, 0.25) is 6.29 Å². The number of ether oxygens (including phenoxy) is 3. The van der Waals surface area contributed by atoms with Crippen molar-refractivity contribution in [3.63, 3.8) is 0 Å². The summed E-state index contributed by atoms with van der Waals surface area (Å²) < 4.78 is 21.5. The Balaban J connectivity index is 0.949. The number of carbonyl (C=O) groups excluding carboxylic acids is 2. The first-order valence-corrected chi connectivity index (χ1v) is 18.6. The van der Waals surface area contributed by atoms with Crippen molar-refractivity contribution in [1.29, 1.82) is 0 Å². The lowest BCUT2D eigenvalue weighted by Crippen LogP contribution is -2.60. The molecule has 4 aliphatic rings. The number of aromatic nitrogens is 3. The third-order valence-corrected chi connectivity index (χ3v) is 11.4. The smallest absolute Gasteiger partial charge is 0.359 e. The van der Waals surface area contributed by atoms with Crippen LogP contribution in [0, 0.1) is 12.3 Å². The molecule has 0 radical (unpaired) electrons. The highest BCUT2D eigenvalue weighted by atomic mass is 35.5. The first-order chi connectivity index (χ1) is 26.0. The molecule has 0 amide bonds. The number of fused-ring (bicyclic) bond motifs is 1. The Kier molecular flexibility index (Phi) is 9.74. The van der Waals surface area contributed by atoms with Gasteiger partial charge < -0.3 is 39.0 Å². The van der Waals surface area contributed by atoms with Gasteiger partial charge in [0.1, 0.15) is 42.1 Å². The van der Waals surface area contributed by atoms with Crippen LogP contribution in [-0.2, 0) is 19.0 Å². The standard InChI is InChI=1S/C39H38Cl2N4O9/c1-3-12-51-37(50)35-32(47)31(46)33(48)38(52-35)53-36(49)27-13-19(2)23-14-22(6-7-26(23)43-27)45-10-8-39(9-11-45)15-21(16-39)28-30(44-54-34(28)20-4-5-20)29-24(40)17-42-18-25(29)41/h3,6-7,13-15,17-18,20,31-33,35,38,46-48H,1,4-5,8-12,16H2,2H3/t31-,32-,33+,35-,38-/m0/s1. The summed E-state index contributed by atoms with van der Waals surface area (Å²) in [6.07, 6.45) is 2.93. The molecule has 3 aromatic heterocycles. The first-order valence-electron chi connectivity index (χ1n) is 17.8. The summed E-state index contributed by atoms with van der Waals surface area (Å²) in [5.41, 5.74) is 5.95. The Morgan fingerprint density at radius 2 is 1.78 bits per heavy atom. The van der Waals surface area contributed by atoms with Crippen LogP contribution in [0.4, 0.5) is 5.69 Å². The normalized spacial score (nSPS) is 24.9. The zero-order valence-corrected chi connectivity index (χ0v) is 30.8. The average molecular weight is 778 g/mol. The fourth-order valence-electron chi connectivity index (χ4n) is 7.67. The van der Waals surface area contributed by atoms with E-state index < -0.39 is 42.6 Å². The molecule has 282 valence electrons. The third kappa shape index (κ3) is 6.67. The fourth-order valence-corrected chi connectivity index (χ4v) is 8.21. The monoisotopic (exact) mass is 776 g/mol. The number of benzene rings is 1. The number of aryl methyl sites for hydroxylation is 1. The van der Waals surface area contributed by atoms with Crippen molar-refractivity contribution in [3.8, 4) is 11.3 Å². The van der Waals surface area contributed by atoms with E-state index in [1.165, 1.54) is 11.6 Å². The van der Waals surface area contributed by atoms with Gasteiger partial charge in [-0.3, -0.25) is 4.98 Å².